The van der Waals surface area contributed by atoms with Crippen molar-refractivity contribution in [1.82, 2.24) is 0 Å². The van der Waals surface area contributed by atoms with Crippen LogP contribution < -0.4 is 0 Å². The molecule has 0 heterocycles. The summed E-state index contributed by atoms with van der Waals surface area (Å²) in [6.45, 7) is 0. The minimum atomic E-state index is 0. The molecule has 0 radical (unpaired) electrons. The van der Waals surface area contributed by atoms with E-state index in [1.54, 1.807) is 0 Å². The van der Waals surface area contributed by atoms with Gasteiger partial charge in [-0.2, -0.15) is 0 Å². The molecule has 0 spiro atoms. The molecule has 0 aromatic rings. The van der Waals surface area contributed by atoms with Crippen molar-refractivity contribution in [2.24, 2.45) is 0 Å². The summed E-state index contributed by atoms with van der Waals surface area (Å²) < 4.78 is 0. The number of hydrogen-bond acceptors (Lipinski definition) is 0. The molecule has 0 atom stereocenters. The normalized spacial score (nSPS) is 0. The molecule has 4 N–H and O–H groups in total. The van der Waals surface area contributed by atoms with Gasteiger partial charge in [0.1, 0.15) is 0 Å². The average Bonchev–Trinajstić information content (AvgIpc) is 0. The standard InChI is InChI=1S/Cr.Fe.2H2O/h;;2*1H2. The van der Waals surface area contributed by atoms with Crippen molar-refractivity contribution in [2.45, 2.75) is 0 Å². The molecule has 0 rings (SSSR count). The molecule has 0 unspecified atom stereocenters. The van der Waals surface area contributed by atoms with E-state index in [0.717, 1.165) is 0 Å². The van der Waals surface area contributed by atoms with E-state index in [1.165, 1.54) is 0 Å². The topological polar surface area (TPSA) is 63.0 Å². The van der Waals surface area contributed by atoms with E-state index in [4.69, 9.17) is 0 Å². The average molecular weight is 144 g/mol. The largest absolute Gasteiger partial charge is 0.412 e. The van der Waals surface area contributed by atoms with E-state index in [1.807, 2.05) is 0 Å². The molecule has 0 bridgehead atoms. The first-order chi connectivity index (χ1) is 0. The molecule has 0 fully saturated rings. The molecule has 0 saturated heterocycles. The summed E-state index contributed by atoms with van der Waals surface area (Å²) in [5, 5.41) is 0. The van der Waals surface area contributed by atoms with Gasteiger partial charge in [-0.15, -0.1) is 0 Å². The van der Waals surface area contributed by atoms with Gasteiger partial charge in [0.2, 0.25) is 0 Å². The van der Waals surface area contributed by atoms with Crippen molar-refractivity contribution in [2.75, 3.05) is 0 Å². The van der Waals surface area contributed by atoms with Crippen molar-refractivity contribution in [3.05, 3.63) is 0 Å². The van der Waals surface area contributed by atoms with Gasteiger partial charge < -0.3 is 11.0 Å². The predicted octanol–water partition coefficient (Wildman–Crippen LogP) is -1.65. The van der Waals surface area contributed by atoms with E-state index < -0.39 is 0 Å². The molecule has 0 amide bonds. The van der Waals surface area contributed by atoms with Crippen molar-refractivity contribution < 1.29 is 45.4 Å². The molecule has 0 aromatic carbocycles. The summed E-state index contributed by atoms with van der Waals surface area (Å²) in [5.74, 6) is 0. The van der Waals surface area contributed by atoms with Gasteiger partial charge >= 0.3 is 0 Å². The van der Waals surface area contributed by atoms with E-state index in [2.05, 4.69) is 0 Å². The second-order valence-electron chi connectivity index (χ2n) is 0. The zero-order valence-electron chi connectivity index (χ0n) is 1.76. The van der Waals surface area contributed by atoms with Gasteiger partial charge in [-0.05, 0) is 0 Å². The van der Waals surface area contributed by atoms with Gasteiger partial charge in [0.05, 0.1) is 0 Å². The van der Waals surface area contributed by atoms with Crippen LogP contribution in [0.1, 0.15) is 0 Å². The van der Waals surface area contributed by atoms with Gasteiger partial charge in [-0.1, -0.05) is 0 Å². The fraction of sp³-hybridized carbons (Fsp3) is 0. The summed E-state index contributed by atoms with van der Waals surface area (Å²) in [6, 6.07) is 0. The van der Waals surface area contributed by atoms with E-state index >= 15 is 0 Å². The van der Waals surface area contributed by atoms with Crippen LogP contribution in [0.15, 0.2) is 0 Å². The Balaban J connectivity index is 0. The van der Waals surface area contributed by atoms with Crippen LogP contribution in [0.5, 0.6) is 0 Å². The van der Waals surface area contributed by atoms with Crippen molar-refractivity contribution >= 4 is 0 Å². The SMILES string of the molecule is O.O.[Cr].[Fe]. The van der Waals surface area contributed by atoms with Crippen LogP contribution in [-0.2, 0) is 34.4 Å². The van der Waals surface area contributed by atoms with Crippen molar-refractivity contribution in [3.8, 4) is 0 Å². The summed E-state index contributed by atoms with van der Waals surface area (Å²) in [6.07, 6.45) is 0. The van der Waals surface area contributed by atoms with Crippen molar-refractivity contribution in [1.29, 1.82) is 0 Å². The summed E-state index contributed by atoms with van der Waals surface area (Å²) >= 11 is 0. The third kappa shape index (κ3) is 12.2. The van der Waals surface area contributed by atoms with Gasteiger partial charge in [0, 0.05) is 34.4 Å². The third-order valence-electron chi connectivity index (χ3n) is 0. The third-order valence-corrected chi connectivity index (χ3v) is 0. The van der Waals surface area contributed by atoms with Gasteiger partial charge in [-0.25, -0.2) is 0 Å². The first-order valence-electron chi connectivity index (χ1n) is 0. The Kier molecular flexibility index (Phi) is 771. The molecule has 0 aliphatic rings. The maximum Gasteiger partial charge on any atom is 0 e. The Hall–Kier alpha value is 0.972. The smallest absolute Gasteiger partial charge is 0 e. The van der Waals surface area contributed by atoms with Crippen LogP contribution in [0, 0.1) is 0 Å². The van der Waals surface area contributed by atoms with Crippen LogP contribution in [0.25, 0.3) is 0 Å². The summed E-state index contributed by atoms with van der Waals surface area (Å²) in [5.41, 5.74) is 0. The molecule has 2 nitrogen and oxygen atoms in total. The second-order valence-corrected chi connectivity index (χ2v) is 0. The van der Waals surface area contributed by atoms with Gasteiger partial charge in [0.15, 0.2) is 0 Å². The number of rotatable bonds is 0. The monoisotopic (exact) mass is 144 g/mol. The molecule has 0 aromatic heterocycles. The van der Waals surface area contributed by atoms with Gasteiger partial charge in [-0.3, -0.25) is 0 Å². The molecular formula is H4CrFeO2. The Morgan fingerprint density at radius 2 is 0.750 bits per heavy atom. The summed E-state index contributed by atoms with van der Waals surface area (Å²) in [7, 11) is 0. The number of hydrogen-bond donors (Lipinski definition) is 0. The molecule has 0 aliphatic heterocycles. The minimum Gasteiger partial charge on any atom is -0.412 e. The van der Waals surface area contributed by atoms with E-state index in [-0.39, 0.29) is 45.4 Å². The zero-order valence-corrected chi connectivity index (χ0v) is 4.14. The molecule has 30 valence electrons. The molecular weight excluding hydrogens is 140 g/mol. The molecule has 0 saturated carbocycles. The quantitative estimate of drug-likeness (QED) is 0.365. The van der Waals surface area contributed by atoms with Crippen molar-refractivity contribution in [3.63, 3.8) is 0 Å². The van der Waals surface area contributed by atoms with Gasteiger partial charge in [0.25, 0.3) is 0 Å². The Morgan fingerprint density at radius 3 is 0.750 bits per heavy atom. The zero-order chi connectivity index (χ0) is 0. The van der Waals surface area contributed by atoms with Crippen LogP contribution in [-0.4, -0.2) is 11.0 Å². The Labute approximate surface area is 45.8 Å². The van der Waals surface area contributed by atoms with Crippen LogP contribution >= 0.6 is 0 Å². The molecule has 4 heteroatoms. The summed E-state index contributed by atoms with van der Waals surface area (Å²) in [4.78, 5) is 0. The Bertz CT molecular complexity index is 6.00. The van der Waals surface area contributed by atoms with E-state index in [0.29, 0.717) is 0 Å². The molecule has 0 aliphatic carbocycles. The van der Waals surface area contributed by atoms with E-state index in [9.17, 15) is 0 Å². The fourth-order valence-electron chi connectivity index (χ4n) is 0. The minimum absolute atomic E-state index is 0. The predicted molar refractivity (Wildman–Crippen MR) is 7.23 cm³/mol. The van der Waals surface area contributed by atoms with Crippen LogP contribution in [0.2, 0.25) is 0 Å². The fourth-order valence-corrected chi connectivity index (χ4v) is 0. The maximum atomic E-state index is 0. The first kappa shape index (κ1) is 83.0. The Morgan fingerprint density at radius 1 is 0.750 bits per heavy atom. The van der Waals surface area contributed by atoms with Crippen LogP contribution in [0.4, 0.5) is 0 Å². The molecule has 4 heavy (non-hydrogen) atoms. The maximum absolute atomic E-state index is 0. The van der Waals surface area contributed by atoms with Crippen LogP contribution in [0.3, 0.4) is 0 Å². The second kappa shape index (κ2) is 37.1. The first-order valence-corrected chi connectivity index (χ1v) is 0.